The van der Waals surface area contributed by atoms with E-state index in [1.807, 2.05) is 0 Å². The van der Waals surface area contributed by atoms with Gasteiger partial charge in [0.1, 0.15) is 19.3 Å². The number of hydrogen-bond acceptors (Lipinski definition) is 15. The van der Waals surface area contributed by atoms with E-state index in [-0.39, 0.29) is 25.7 Å². The highest BCUT2D eigenvalue weighted by molar-refractivity contribution is 7.47. The molecule has 0 saturated heterocycles. The molecule has 2 unspecified atom stereocenters. The van der Waals surface area contributed by atoms with Crippen molar-refractivity contribution in [3.63, 3.8) is 0 Å². The average molecular weight is 1490 g/mol. The van der Waals surface area contributed by atoms with Crippen molar-refractivity contribution in [3.05, 3.63) is 0 Å². The van der Waals surface area contributed by atoms with E-state index in [1.165, 1.54) is 263 Å². The van der Waals surface area contributed by atoms with E-state index >= 15 is 0 Å². The molecule has 0 aromatic carbocycles. The number of rotatable bonds is 83. The third-order valence-corrected chi connectivity index (χ3v) is 21.4. The molecule has 606 valence electrons. The number of carbonyl (C=O) groups is 4. The first-order valence-electron chi connectivity index (χ1n) is 43.1. The SMILES string of the molecule is CCCCCCCCCCCCCCCCCCCCCCCCC(=O)O[C@H](COC(=O)CCCCCCCCCCCCCCCCCCC)COP(=O)(O)OC[C@@H](O)COP(=O)(O)OC[C@@H](COC(=O)CCCCCCCCC(C)C)OC(=O)CCCCCCCCCCCCCCCC. The van der Waals surface area contributed by atoms with E-state index in [1.54, 1.807) is 0 Å². The first kappa shape index (κ1) is 100. The molecule has 102 heavy (non-hydrogen) atoms. The van der Waals surface area contributed by atoms with Gasteiger partial charge >= 0.3 is 39.5 Å². The Labute approximate surface area is 626 Å². The van der Waals surface area contributed by atoms with Crippen molar-refractivity contribution < 1.29 is 80.2 Å². The molecule has 0 aromatic heterocycles. The van der Waals surface area contributed by atoms with Crippen LogP contribution in [0.5, 0.6) is 0 Å². The number of unbranched alkanes of at least 4 members (excludes halogenated alkanes) is 55. The molecular weight excluding hydrogens is 1330 g/mol. The highest BCUT2D eigenvalue weighted by Crippen LogP contribution is 2.45. The van der Waals surface area contributed by atoms with Gasteiger partial charge in [0.05, 0.1) is 26.4 Å². The van der Waals surface area contributed by atoms with Gasteiger partial charge in [-0.15, -0.1) is 0 Å². The molecule has 3 N–H and O–H groups in total. The van der Waals surface area contributed by atoms with Crippen LogP contribution in [0.2, 0.25) is 0 Å². The van der Waals surface area contributed by atoms with Gasteiger partial charge in [0.2, 0.25) is 0 Å². The number of hydrogen-bond donors (Lipinski definition) is 3. The summed E-state index contributed by atoms with van der Waals surface area (Å²) < 4.78 is 68.7. The topological polar surface area (TPSA) is 237 Å². The number of ether oxygens (including phenoxy) is 4. The van der Waals surface area contributed by atoms with Crippen molar-refractivity contribution in [2.75, 3.05) is 39.6 Å². The first-order valence-corrected chi connectivity index (χ1v) is 46.1. The minimum absolute atomic E-state index is 0.107. The van der Waals surface area contributed by atoms with E-state index in [2.05, 4.69) is 34.6 Å². The van der Waals surface area contributed by atoms with Crippen LogP contribution in [0.1, 0.15) is 446 Å². The van der Waals surface area contributed by atoms with Crippen molar-refractivity contribution in [2.45, 2.75) is 464 Å². The summed E-state index contributed by atoms with van der Waals surface area (Å²) in [6, 6.07) is 0. The van der Waals surface area contributed by atoms with Crippen molar-refractivity contribution in [3.8, 4) is 0 Å². The van der Waals surface area contributed by atoms with Crippen LogP contribution in [-0.4, -0.2) is 96.7 Å². The summed E-state index contributed by atoms with van der Waals surface area (Å²) >= 11 is 0. The number of aliphatic hydroxyl groups excluding tert-OH is 1. The average Bonchev–Trinajstić information content (AvgIpc) is 0.918. The lowest BCUT2D eigenvalue weighted by Gasteiger charge is -2.21. The maximum Gasteiger partial charge on any atom is 0.472 e. The Balaban J connectivity index is 5.19. The lowest BCUT2D eigenvalue weighted by atomic mass is 10.0. The summed E-state index contributed by atoms with van der Waals surface area (Å²) in [5.74, 6) is -1.43. The molecule has 0 bridgehead atoms. The van der Waals surface area contributed by atoms with E-state index in [4.69, 9.17) is 37.0 Å². The molecule has 0 spiro atoms. The summed E-state index contributed by atoms with van der Waals surface area (Å²) in [6.45, 7) is 7.26. The number of phosphoric ester groups is 2. The summed E-state index contributed by atoms with van der Waals surface area (Å²) in [7, 11) is -9.92. The lowest BCUT2D eigenvalue weighted by molar-refractivity contribution is -0.161. The maximum atomic E-state index is 13.1. The molecule has 0 aliphatic rings. The van der Waals surface area contributed by atoms with Crippen LogP contribution in [0.4, 0.5) is 0 Å². The molecule has 0 aliphatic heterocycles. The van der Waals surface area contributed by atoms with Crippen LogP contribution in [-0.2, 0) is 65.4 Å². The van der Waals surface area contributed by atoms with Gasteiger partial charge in [0.15, 0.2) is 12.2 Å². The second kappa shape index (κ2) is 75.9. The Morgan fingerprint density at radius 3 is 0.667 bits per heavy atom. The van der Waals surface area contributed by atoms with Crippen molar-refractivity contribution >= 4 is 39.5 Å². The highest BCUT2D eigenvalue weighted by Gasteiger charge is 2.30. The van der Waals surface area contributed by atoms with Crippen LogP contribution < -0.4 is 0 Å². The third-order valence-electron chi connectivity index (χ3n) is 19.5. The standard InChI is InChI=1S/C83H162O17P2/c1-6-9-12-15-18-21-24-27-30-32-33-34-35-36-38-40-43-46-49-52-59-64-69-82(87)99-78(72-93-80(85)66-61-56-50-47-44-42-39-37-31-28-25-22-19-16-13-10-7-2)74-97-101(89,90)95-70-77(84)71-96-102(91,92)98-75-79(73-94-81(86)67-62-57-54-53-55-60-65-76(4)5)100-83(88)68-63-58-51-48-45-41-29-26-23-20-17-14-11-8-3/h76-79,84H,6-75H2,1-5H3,(H,89,90)(H,91,92)/t77-,78-,79-/m1/s1. The zero-order chi connectivity index (χ0) is 74.8. The van der Waals surface area contributed by atoms with Crippen molar-refractivity contribution in [2.24, 2.45) is 5.92 Å². The molecule has 0 rings (SSSR count). The van der Waals surface area contributed by atoms with Crippen LogP contribution in [0, 0.1) is 5.92 Å². The second-order valence-electron chi connectivity index (χ2n) is 30.3. The van der Waals surface area contributed by atoms with Gasteiger partial charge in [0.25, 0.3) is 0 Å². The predicted molar refractivity (Wildman–Crippen MR) is 418 cm³/mol. The van der Waals surface area contributed by atoms with Crippen LogP contribution >= 0.6 is 15.6 Å². The van der Waals surface area contributed by atoms with Crippen LogP contribution in [0.25, 0.3) is 0 Å². The third kappa shape index (κ3) is 76.3. The molecule has 0 aliphatic carbocycles. The summed E-state index contributed by atoms with van der Waals surface area (Å²) in [5.41, 5.74) is 0. The Morgan fingerprint density at radius 2 is 0.451 bits per heavy atom. The Morgan fingerprint density at radius 1 is 0.265 bits per heavy atom. The minimum atomic E-state index is -4.96. The van der Waals surface area contributed by atoms with Gasteiger partial charge in [-0.3, -0.25) is 37.3 Å². The molecule has 0 radical (unpaired) electrons. The molecule has 0 aromatic rings. The fourth-order valence-corrected chi connectivity index (χ4v) is 14.5. The highest BCUT2D eigenvalue weighted by atomic mass is 31.2. The van der Waals surface area contributed by atoms with Gasteiger partial charge in [0, 0.05) is 25.7 Å². The monoisotopic (exact) mass is 1490 g/mol. The van der Waals surface area contributed by atoms with Crippen molar-refractivity contribution in [1.82, 2.24) is 0 Å². The molecule has 0 heterocycles. The quantitative estimate of drug-likeness (QED) is 0.0222. The summed E-state index contributed by atoms with van der Waals surface area (Å²) in [5, 5.41) is 10.6. The first-order chi connectivity index (χ1) is 49.5. The largest absolute Gasteiger partial charge is 0.472 e. The zero-order valence-electron chi connectivity index (χ0n) is 66.8. The van der Waals surface area contributed by atoms with Gasteiger partial charge in [-0.2, -0.15) is 0 Å². The van der Waals surface area contributed by atoms with Crippen molar-refractivity contribution in [1.29, 1.82) is 0 Å². The van der Waals surface area contributed by atoms with Gasteiger partial charge in [-0.25, -0.2) is 9.13 Å². The molecule has 0 saturated carbocycles. The Bertz CT molecular complexity index is 1940. The van der Waals surface area contributed by atoms with Crippen LogP contribution in [0.3, 0.4) is 0 Å². The van der Waals surface area contributed by atoms with E-state index in [0.717, 1.165) is 96.3 Å². The number of aliphatic hydroxyl groups is 1. The van der Waals surface area contributed by atoms with Gasteiger partial charge < -0.3 is 33.8 Å². The van der Waals surface area contributed by atoms with E-state index in [9.17, 15) is 43.2 Å². The molecule has 0 amide bonds. The van der Waals surface area contributed by atoms with E-state index in [0.29, 0.717) is 31.6 Å². The fourth-order valence-electron chi connectivity index (χ4n) is 12.9. The predicted octanol–water partition coefficient (Wildman–Crippen LogP) is 25.2. The molecule has 17 nitrogen and oxygen atoms in total. The molecular formula is C83H162O17P2. The minimum Gasteiger partial charge on any atom is -0.462 e. The van der Waals surface area contributed by atoms with Gasteiger partial charge in [-0.05, 0) is 31.6 Å². The van der Waals surface area contributed by atoms with Crippen LogP contribution in [0.15, 0.2) is 0 Å². The molecule has 19 heteroatoms. The summed E-state index contributed by atoms with van der Waals surface area (Å²) in [6.07, 6.45) is 68.3. The Hall–Kier alpha value is -1.94. The second-order valence-corrected chi connectivity index (χ2v) is 33.3. The fraction of sp³-hybridized carbons (Fsp3) is 0.952. The normalized spacial score (nSPS) is 13.8. The molecule has 5 atom stereocenters. The smallest absolute Gasteiger partial charge is 0.462 e. The zero-order valence-corrected chi connectivity index (χ0v) is 68.5. The molecule has 0 fully saturated rings. The lowest BCUT2D eigenvalue weighted by Crippen LogP contribution is -2.30. The maximum absolute atomic E-state index is 13.1. The summed E-state index contributed by atoms with van der Waals surface area (Å²) in [4.78, 5) is 73.0. The number of phosphoric acid groups is 2. The van der Waals surface area contributed by atoms with Gasteiger partial charge in [-0.1, -0.05) is 394 Å². The number of esters is 4. The number of carbonyl (C=O) groups excluding carboxylic acids is 4. The Kier molecular flexibility index (Phi) is 74.4. The van der Waals surface area contributed by atoms with E-state index < -0.39 is 97.5 Å².